The summed E-state index contributed by atoms with van der Waals surface area (Å²) in [5, 5.41) is 3.27. The normalized spacial score (nSPS) is 16.8. The van der Waals surface area contributed by atoms with Crippen molar-refractivity contribution in [1.29, 1.82) is 0 Å². The lowest BCUT2D eigenvalue weighted by Crippen LogP contribution is -2.38. The van der Waals surface area contributed by atoms with Gasteiger partial charge < -0.3 is 10.2 Å². The van der Waals surface area contributed by atoms with E-state index in [4.69, 9.17) is 4.98 Å². The van der Waals surface area contributed by atoms with Crippen LogP contribution >= 0.6 is 0 Å². The van der Waals surface area contributed by atoms with Gasteiger partial charge in [-0.05, 0) is 50.4 Å². The lowest BCUT2D eigenvalue weighted by atomic mass is 9.90. The Balaban J connectivity index is 1.62. The fraction of sp³-hybridized carbons (Fsp3) is 0.550. The van der Waals surface area contributed by atoms with Crippen LogP contribution in [0.3, 0.4) is 0 Å². The van der Waals surface area contributed by atoms with Crippen molar-refractivity contribution in [2.24, 2.45) is 5.41 Å². The minimum absolute atomic E-state index is 0.358. The summed E-state index contributed by atoms with van der Waals surface area (Å²) in [5.74, 6) is 2.08. The van der Waals surface area contributed by atoms with E-state index >= 15 is 0 Å². The molecule has 3 heterocycles. The van der Waals surface area contributed by atoms with Gasteiger partial charge in [0, 0.05) is 24.4 Å². The Labute approximate surface area is 150 Å². The number of nitrogens with zero attached hydrogens (tertiary/aromatic N) is 4. The third-order valence-corrected chi connectivity index (χ3v) is 4.50. The van der Waals surface area contributed by atoms with Crippen molar-refractivity contribution in [2.45, 2.75) is 46.5 Å². The van der Waals surface area contributed by atoms with Crippen LogP contribution in [0.5, 0.6) is 0 Å². The van der Waals surface area contributed by atoms with Gasteiger partial charge in [-0.2, -0.15) is 0 Å². The molecule has 0 spiro atoms. The molecular formula is C20H29N5. The van der Waals surface area contributed by atoms with Crippen LogP contribution in [0, 0.1) is 12.3 Å². The summed E-state index contributed by atoms with van der Waals surface area (Å²) >= 11 is 0. The van der Waals surface area contributed by atoms with E-state index in [0.717, 1.165) is 55.5 Å². The number of hydrogen-bond acceptors (Lipinski definition) is 5. The highest BCUT2D eigenvalue weighted by Crippen LogP contribution is 2.29. The van der Waals surface area contributed by atoms with Gasteiger partial charge >= 0.3 is 0 Å². The zero-order chi connectivity index (χ0) is 17.9. The van der Waals surface area contributed by atoms with Crippen LogP contribution in [0.4, 0.5) is 11.6 Å². The van der Waals surface area contributed by atoms with E-state index in [0.29, 0.717) is 11.3 Å². The standard InChI is InChI=1S/C20H29N5/c1-15-6-5-7-18(22-15)24-19-13-21-12-17(23-19)16-8-10-25(11-9-16)14-20(2,3)4/h5-7,12-13,16H,8-11,14H2,1-4H3,(H,22,23,24). The lowest BCUT2D eigenvalue weighted by molar-refractivity contribution is 0.153. The first-order valence-electron chi connectivity index (χ1n) is 9.14. The molecule has 1 N–H and O–H groups in total. The van der Waals surface area contributed by atoms with Gasteiger partial charge in [-0.1, -0.05) is 26.8 Å². The number of hydrogen-bond donors (Lipinski definition) is 1. The summed E-state index contributed by atoms with van der Waals surface area (Å²) in [6.45, 7) is 12.3. The van der Waals surface area contributed by atoms with E-state index in [-0.39, 0.29) is 0 Å². The first-order chi connectivity index (χ1) is 11.9. The molecule has 1 fully saturated rings. The van der Waals surface area contributed by atoms with Gasteiger partial charge in [0.15, 0.2) is 0 Å². The summed E-state index contributed by atoms with van der Waals surface area (Å²) in [4.78, 5) is 16.2. The number of aryl methyl sites for hydroxylation is 1. The molecule has 1 aliphatic rings. The zero-order valence-corrected chi connectivity index (χ0v) is 15.8. The Morgan fingerprint density at radius 3 is 2.52 bits per heavy atom. The maximum atomic E-state index is 4.79. The van der Waals surface area contributed by atoms with Gasteiger partial charge in [0.05, 0.1) is 11.9 Å². The number of anilines is 2. The third-order valence-electron chi connectivity index (χ3n) is 4.50. The Morgan fingerprint density at radius 2 is 1.84 bits per heavy atom. The Hall–Kier alpha value is -2.01. The molecule has 0 amide bonds. The van der Waals surface area contributed by atoms with Gasteiger partial charge in [-0.25, -0.2) is 9.97 Å². The first kappa shape index (κ1) is 17.8. The number of likely N-dealkylation sites (tertiary alicyclic amines) is 1. The lowest BCUT2D eigenvalue weighted by Gasteiger charge is -2.35. The fourth-order valence-corrected chi connectivity index (χ4v) is 3.44. The van der Waals surface area contributed by atoms with Crippen molar-refractivity contribution in [3.8, 4) is 0 Å². The minimum Gasteiger partial charge on any atom is -0.324 e. The Morgan fingerprint density at radius 1 is 1.08 bits per heavy atom. The van der Waals surface area contributed by atoms with Crippen molar-refractivity contribution in [1.82, 2.24) is 19.9 Å². The molecule has 3 rings (SSSR count). The molecule has 5 heteroatoms. The van der Waals surface area contributed by atoms with Crippen molar-refractivity contribution in [2.75, 3.05) is 25.0 Å². The highest BCUT2D eigenvalue weighted by atomic mass is 15.1. The predicted molar refractivity (Wildman–Crippen MR) is 102 cm³/mol. The van der Waals surface area contributed by atoms with Crippen LogP contribution < -0.4 is 5.32 Å². The number of nitrogens with one attached hydrogen (secondary N) is 1. The van der Waals surface area contributed by atoms with Gasteiger partial charge in [-0.3, -0.25) is 4.98 Å². The summed E-state index contributed by atoms with van der Waals surface area (Å²) in [7, 11) is 0. The van der Waals surface area contributed by atoms with Gasteiger partial charge in [-0.15, -0.1) is 0 Å². The topological polar surface area (TPSA) is 53.9 Å². The van der Waals surface area contributed by atoms with Crippen LogP contribution in [0.2, 0.25) is 0 Å². The van der Waals surface area contributed by atoms with Crippen LogP contribution in [-0.2, 0) is 0 Å². The van der Waals surface area contributed by atoms with Crippen molar-refractivity contribution >= 4 is 11.6 Å². The number of aromatic nitrogens is 3. The zero-order valence-electron chi connectivity index (χ0n) is 15.8. The average molecular weight is 339 g/mol. The summed E-state index contributed by atoms with van der Waals surface area (Å²) in [6.07, 6.45) is 5.98. The quantitative estimate of drug-likeness (QED) is 0.907. The highest BCUT2D eigenvalue weighted by Gasteiger charge is 2.24. The summed E-state index contributed by atoms with van der Waals surface area (Å²) < 4.78 is 0. The molecular weight excluding hydrogens is 310 g/mol. The molecule has 5 nitrogen and oxygen atoms in total. The molecule has 0 aliphatic carbocycles. The third kappa shape index (κ3) is 5.23. The largest absolute Gasteiger partial charge is 0.324 e. The monoisotopic (exact) mass is 339 g/mol. The molecule has 0 saturated carbocycles. The fourth-order valence-electron chi connectivity index (χ4n) is 3.44. The van der Waals surface area contributed by atoms with Crippen molar-refractivity contribution in [3.05, 3.63) is 42.0 Å². The Kier molecular flexibility index (Phi) is 5.33. The first-order valence-corrected chi connectivity index (χ1v) is 9.14. The average Bonchev–Trinajstić information content (AvgIpc) is 2.54. The van der Waals surface area contributed by atoms with E-state index in [2.05, 4.69) is 41.0 Å². The van der Waals surface area contributed by atoms with E-state index in [1.165, 1.54) is 0 Å². The summed E-state index contributed by atoms with van der Waals surface area (Å²) in [5.41, 5.74) is 2.44. The molecule has 1 saturated heterocycles. The second-order valence-corrected chi connectivity index (χ2v) is 8.23. The van der Waals surface area contributed by atoms with Crippen LogP contribution in [0.1, 0.15) is 50.9 Å². The second kappa shape index (κ2) is 7.48. The highest BCUT2D eigenvalue weighted by molar-refractivity contribution is 5.50. The number of pyridine rings is 1. The molecule has 134 valence electrons. The van der Waals surface area contributed by atoms with Crippen LogP contribution in [0.25, 0.3) is 0 Å². The van der Waals surface area contributed by atoms with Crippen LogP contribution in [0.15, 0.2) is 30.6 Å². The maximum absolute atomic E-state index is 4.79. The van der Waals surface area contributed by atoms with Crippen molar-refractivity contribution in [3.63, 3.8) is 0 Å². The molecule has 25 heavy (non-hydrogen) atoms. The molecule has 2 aromatic rings. The number of rotatable bonds is 4. The predicted octanol–water partition coefficient (Wildman–Crippen LogP) is 4.15. The van der Waals surface area contributed by atoms with Gasteiger partial charge in [0.25, 0.3) is 0 Å². The van der Waals surface area contributed by atoms with Gasteiger partial charge in [0.1, 0.15) is 11.6 Å². The molecule has 0 bridgehead atoms. The molecule has 2 aromatic heterocycles. The summed E-state index contributed by atoms with van der Waals surface area (Å²) in [6, 6.07) is 5.93. The van der Waals surface area contributed by atoms with E-state index in [1.807, 2.05) is 31.3 Å². The second-order valence-electron chi connectivity index (χ2n) is 8.23. The smallest absolute Gasteiger partial charge is 0.150 e. The molecule has 1 aliphatic heterocycles. The van der Waals surface area contributed by atoms with E-state index in [9.17, 15) is 0 Å². The molecule has 0 radical (unpaired) electrons. The van der Waals surface area contributed by atoms with Crippen molar-refractivity contribution < 1.29 is 0 Å². The molecule has 0 unspecified atom stereocenters. The Bertz CT molecular complexity index is 699. The molecule has 0 aromatic carbocycles. The van der Waals surface area contributed by atoms with E-state index < -0.39 is 0 Å². The van der Waals surface area contributed by atoms with Gasteiger partial charge in [0.2, 0.25) is 0 Å². The minimum atomic E-state index is 0.358. The maximum Gasteiger partial charge on any atom is 0.150 e. The number of piperidine rings is 1. The van der Waals surface area contributed by atoms with E-state index in [1.54, 1.807) is 6.20 Å². The SMILES string of the molecule is Cc1cccc(Nc2cncc(C3CCN(CC(C)(C)C)CC3)n2)n1. The van der Waals surface area contributed by atoms with Crippen LogP contribution in [-0.4, -0.2) is 39.5 Å². The molecule has 0 atom stereocenters.